The van der Waals surface area contributed by atoms with Gasteiger partial charge in [-0.2, -0.15) is 0 Å². The van der Waals surface area contributed by atoms with E-state index in [0.717, 1.165) is 4.88 Å². The van der Waals surface area contributed by atoms with Crippen molar-refractivity contribution in [1.82, 2.24) is 0 Å². The van der Waals surface area contributed by atoms with Gasteiger partial charge in [0.2, 0.25) is 0 Å². The second-order valence-electron chi connectivity index (χ2n) is 1.57. The zero-order chi connectivity index (χ0) is 6.15. The van der Waals surface area contributed by atoms with Crippen molar-refractivity contribution in [2.75, 3.05) is 5.73 Å². The lowest BCUT2D eigenvalue weighted by Crippen LogP contribution is -1.75. The van der Waals surface area contributed by atoms with Gasteiger partial charge in [-0.25, -0.2) is 0 Å². The van der Waals surface area contributed by atoms with Gasteiger partial charge in [-0.15, -0.1) is 11.3 Å². The molecule has 1 nitrogen and oxygen atoms in total. The predicted molar refractivity (Wildman–Crippen MR) is 38.5 cm³/mol. The maximum atomic E-state index is 5.61. The lowest BCUT2D eigenvalue weighted by Gasteiger charge is -1.78. The first-order chi connectivity index (χ1) is 3.70. The van der Waals surface area contributed by atoms with Crippen LogP contribution < -0.4 is 5.73 Å². The number of thiophene rings is 1. The summed E-state index contributed by atoms with van der Waals surface area (Å²) in [6.07, 6.45) is 0. The topological polar surface area (TPSA) is 26.0 Å². The van der Waals surface area contributed by atoms with Crippen LogP contribution in [-0.2, 0) is 0 Å². The Morgan fingerprint density at radius 3 is 2.50 bits per heavy atom. The molecule has 1 heterocycles. The number of nitrogens with two attached hydrogens (primary N) is 1. The second-order valence-corrected chi connectivity index (χ2v) is 3.26. The Hall–Kier alpha value is -0.210. The van der Waals surface area contributed by atoms with Gasteiger partial charge in [0.25, 0.3) is 0 Å². The van der Waals surface area contributed by atoms with Crippen molar-refractivity contribution in [2.24, 2.45) is 0 Å². The average Bonchev–Trinajstić information content (AvgIpc) is 1.85. The molecule has 0 unspecified atom stereocenters. The summed E-state index contributed by atoms with van der Waals surface area (Å²) in [7, 11) is 0. The molecule has 0 atom stereocenters. The Balaban J connectivity index is 3.14. The molecule has 0 amide bonds. The van der Waals surface area contributed by atoms with Crippen LogP contribution in [0.2, 0.25) is 5.02 Å². The molecule has 0 fully saturated rings. The molecule has 1 rings (SSSR count). The molecule has 0 saturated heterocycles. The van der Waals surface area contributed by atoms with E-state index in [4.69, 9.17) is 17.3 Å². The van der Waals surface area contributed by atoms with Crippen molar-refractivity contribution in [3.05, 3.63) is 16.0 Å². The highest BCUT2D eigenvalue weighted by atomic mass is 35.5. The normalized spacial score (nSPS) is 9.75. The smallest absolute Gasteiger partial charge is 0.105 e. The highest BCUT2D eigenvalue weighted by molar-refractivity contribution is 7.16. The molecule has 0 bridgehead atoms. The molecule has 0 aliphatic heterocycles. The third kappa shape index (κ3) is 0.956. The van der Waals surface area contributed by atoms with Crippen molar-refractivity contribution in [1.29, 1.82) is 0 Å². The largest absolute Gasteiger partial charge is 0.389 e. The maximum absolute atomic E-state index is 5.61. The first-order valence-corrected chi connectivity index (χ1v) is 3.41. The maximum Gasteiger partial charge on any atom is 0.105 e. The molecular weight excluding hydrogens is 142 g/mol. The van der Waals surface area contributed by atoms with Crippen LogP contribution in [-0.4, -0.2) is 0 Å². The molecular formula is C5H6ClNS. The van der Waals surface area contributed by atoms with Crippen molar-refractivity contribution in [3.8, 4) is 0 Å². The fraction of sp³-hybridized carbons (Fsp3) is 0.200. The average molecular weight is 148 g/mol. The summed E-state index contributed by atoms with van der Waals surface area (Å²) in [5.74, 6) is 0. The molecule has 0 aromatic carbocycles. The van der Waals surface area contributed by atoms with E-state index >= 15 is 0 Å². The minimum atomic E-state index is 0.674. The van der Waals surface area contributed by atoms with Gasteiger partial charge >= 0.3 is 0 Å². The molecule has 0 spiro atoms. The summed E-state index contributed by atoms with van der Waals surface area (Å²) in [6.45, 7) is 1.98. The third-order valence-corrected chi connectivity index (χ3v) is 2.14. The summed E-state index contributed by atoms with van der Waals surface area (Å²) in [6, 6.07) is 1.86. The van der Waals surface area contributed by atoms with Crippen LogP contribution in [0.4, 0.5) is 5.00 Å². The summed E-state index contributed by atoms with van der Waals surface area (Å²) in [5.41, 5.74) is 5.43. The van der Waals surface area contributed by atoms with E-state index in [0.29, 0.717) is 10.0 Å². The molecule has 1 aromatic rings. The standard InChI is InChI=1S/C5H6ClNS/c1-3-2-4(6)5(7)8-3/h2H,7H2,1H3. The van der Waals surface area contributed by atoms with Gasteiger partial charge in [0, 0.05) is 4.88 Å². The van der Waals surface area contributed by atoms with E-state index in [1.165, 1.54) is 11.3 Å². The number of halogens is 1. The van der Waals surface area contributed by atoms with Crippen molar-refractivity contribution in [3.63, 3.8) is 0 Å². The summed E-state index contributed by atoms with van der Waals surface area (Å²) < 4.78 is 0. The Labute approximate surface area is 57.1 Å². The van der Waals surface area contributed by atoms with E-state index in [1.54, 1.807) is 0 Å². The number of hydrogen-bond donors (Lipinski definition) is 1. The minimum Gasteiger partial charge on any atom is -0.389 e. The molecule has 0 aliphatic carbocycles. The minimum absolute atomic E-state index is 0.674. The molecule has 1 aromatic heterocycles. The zero-order valence-electron chi connectivity index (χ0n) is 4.44. The third-order valence-electron chi connectivity index (χ3n) is 0.836. The van der Waals surface area contributed by atoms with Crippen LogP contribution in [0.25, 0.3) is 0 Å². The van der Waals surface area contributed by atoms with Gasteiger partial charge in [-0.3, -0.25) is 0 Å². The van der Waals surface area contributed by atoms with E-state index in [2.05, 4.69) is 0 Å². The monoisotopic (exact) mass is 147 g/mol. The predicted octanol–water partition coefficient (Wildman–Crippen LogP) is 2.29. The van der Waals surface area contributed by atoms with Crippen LogP contribution in [0.15, 0.2) is 6.07 Å². The van der Waals surface area contributed by atoms with Crippen LogP contribution in [0.5, 0.6) is 0 Å². The summed E-state index contributed by atoms with van der Waals surface area (Å²) in [4.78, 5) is 1.16. The highest BCUT2D eigenvalue weighted by Gasteiger charge is 1.96. The van der Waals surface area contributed by atoms with Crippen molar-refractivity contribution in [2.45, 2.75) is 6.92 Å². The van der Waals surface area contributed by atoms with E-state index < -0.39 is 0 Å². The number of nitrogen functional groups attached to an aromatic ring is 1. The number of hydrogen-bond acceptors (Lipinski definition) is 2. The molecule has 2 N–H and O–H groups in total. The number of aryl methyl sites for hydroxylation is 1. The van der Waals surface area contributed by atoms with Gasteiger partial charge in [-0.05, 0) is 13.0 Å². The number of rotatable bonds is 0. The molecule has 3 heteroatoms. The van der Waals surface area contributed by atoms with Crippen LogP contribution in [0.3, 0.4) is 0 Å². The fourth-order valence-corrected chi connectivity index (χ4v) is 1.53. The lowest BCUT2D eigenvalue weighted by molar-refractivity contribution is 1.64. The van der Waals surface area contributed by atoms with Gasteiger partial charge < -0.3 is 5.73 Å². The fourth-order valence-electron chi connectivity index (χ4n) is 0.501. The zero-order valence-corrected chi connectivity index (χ0v) is 6.01. The van der Waals surface area contributed by atoms with Crippen LogP contribution in [0, 0.1) is 6.92 Å². The molecule has 0 radical (unpaired) electrons. The first-order valence-electron chi connectivity index (χ1n) is 2.21. The quantitative estimate of drug-likeness (QED) is 0.599. The van der Waals surface area contributed by atoms with Crippen LogP contribution in [0.1, 0.15) is 4.88 Å². The summed E-state index contributed by atoms with van der Waals surface area (Å²) in [5, 5.41) is 1.39. The number of anilines is 1. The molecule has 0 saturated carbocycles. The highest BCUT2D eigenvalue weighted by Crippen LogP contribution is 2.27. The first kappa shape index (κ1) is 5.92. The van der Waals surface area contributed by atoms with E-state index in [1.807, 2.05) is 13.0 Å². The van der Waals surface area contributed by atoms with Gasteiger partial charge in [-0.1, -0.05) is 11.6 Å². The molecule has 8 heavy (non-hydrogen) atoms. The molecule has 44 valence electrons. The Morgan fingerprint density at radius 2 is 2.38 bits per heavy atom. The Bertz CT molecular complexity index is 175. The second kappa shape index (κ2) is 1.96. The SMILES string of the molecule is Cc1cc(Cl)c(N)s1. The van der Waals surface area contributed by atoms with E-state index in [-0.39, 0.29) is 0 Å². The Kier molecular flexibility index (Phi) is 1.45. The van der Waals surface area contributed by atoms with Gasteiger partial charge in [0.05, 0.1) is 5.02 Å². The lowest BCUT2D eigenvalue weighted by atomic mass is 10.5. The van der Waals surface area contributed by atoms with E-state index in [9.17, 15) is 0 Å². The Morgan fingerprint density at radius 1 is 1.75 bits per heavy atom. The van der Waals surface area contributed by atoms with Crippen molar-refractivity contribution >= 4 is 27.9 Å². The molecule has 0 aliphatic rings. The van der Waals surface area contributed by atoms with Gasteiger partial charge in [0.1, 0.15) is 5.00 Å². The summed E-state index contributed by atoms with van der Waals surface area (Å²) >= 11 is 7.13. The van der Waals surface area contributed by atoms with Crippen LogP contribution >= 0.6 is 22.9 Å². The van der Waals surface area contributed by atoms with Crippen molar-refractivity contribution < 1.29 is 0 Å². The van der Waals surface area contributed by atoms with Gasteiger partial charge in [0.15, 0.2) is 0 Å².